The van der Waals surface area contributed by atoms with Gasteiger partial charge in [-0.1, -0.05) is 13.3 Å². The lowest BCUT2D eigenvalue weighted by Crippen LogP contribution is -2.25. The summed E-state index contributed by atoms with van der Waals surface area (Å²) in [5.41, 5.74) is 2.33. The third kappa shape index (κ3) is 3.24. The van der Waals surface area contributed by atoms with E-state index in [1.54, 1.807) is 0 Å². The number of imidazole rings is 2. The molecule has 2 aromatic rings. The SMILES string of the molecule is CCCCc1ncc(CN2CCC[C@H]2c2nc(C)cn2C)[nH]1. The number of nitrogens with one attached hydrogen (secondary N) is 1. The van der Waals surface area contributed by atoms with Gasteiger partial charge in [0, 0.05) is 38.1 Å². The maximum absolute atomic E-state index is 4.73. The van der Waals surface area contributed by atoms with Crippen LogP contribution in [-0.4, -0.2) is 31.0 Å². The van der Waals surface area contributed by atoms with Crippen LogP contribution in [0.1, 0.15) is 61.7 Å². The van der Waals surface area contributed by atoms with Gasteiger partial charge in [0.2, 0.25) is 0 Å². The molecular formula is C17H27N5. The highest BCUT2D eigenvalue weighted by Gasteiger charge is 2.29. The molecule has 1 atom stereocenters. The first-order valence-corrected chi connectivity index (χ1v) is 8.44. The van der Waals surface area contributed by atoms with Crippen molar-refractivity contribution in [2.75, 3.05) is 6.54 Å². The fourth-order valence-electron chi connectivity index (χ4n) is 3.43. The first-order valence-electron chi connectivity index (χ1n) is 8.44. The zero-order valence-electron chi connectivity index (χ0n) is 14.0. The predicted molar refractivity (Wildman–Crippen MR) is 87.5 cm³/mol. The Morgan fingerprint density at radius 2 is 2.27 bits per heavy atom. The number of hydrogen-bond donors (Lipinski definition) is 1. The van der Waals surface area contributed by atoms with E-state index < -0.39 is 0 Å². The molecule has 0 spiro atoms. The molecule has 0 aromatic carbocycles. The Labute approximate surface area is 132 Å². The van der Waals surface area contributed by atoms with Crippen molar-refractivity contribution in [3.8, 4) is 0 Å². The summed E-state index contributed by atoms with van der Waals surface area (Å²) in [6.07, 6.45) is 10.0. The molecule has 0 aliphatic carbocycles. The average molecular weight is 301 g/mol. The van der Waals surface area contributed by atoms with Crippen LogP contribution in [0.4, 0.5) is 0 Å². The fraction of sp³-hybridized carbons (Fsp3) is 0.647. The van der Waals surface area contributed by atoms with Gasteiger partial charge in [-0.3, -0.25) is 4.90 Å². The highest BCUT2D eigenvalue weighted by molar-refractivity contribution is 5.09. The summed E-state index contributed by atoms with van der Waals surface area (Å²) in [6.45, 7) is 6.36. The molecule has 1 aliphatic rings. The molecule has 3 rings (SSSR count). The second-order valence-electron chi connectivity index (χ2n) is 6.44. The van der Waals surface area contributed by atoms with Crippen molar-refractivity contribution in [1.82, 2.24) is 24.4 Å². The van der Waals surface area contributed by atoms with E-state index >= 15 is 0 Å². The Kier molecular flexibility index (Phi) is 4.62. The minimum absolute atomic E-state index is 0.432. The van der Waals surface area contributed by atoms with E-state index in [2.05, 4.69) is 46.5 Å². The van der Waals surface area contributed by atoms with Crippen molar-refractivity contribution in [2.24, 2.45) is 7.05 Å². The number of H-pyrrole nitrogens is 1. The molecule has 1 saturated heterocycles. The molecule has 5 heteroatoms. The van der Waals surface area contributed by atoms with Gasteiger partial charge in [0.25, 0.3) is 0 Å². The monoisotopic (exact) mass is 301 g/mol. The normalized spacial score (nSPS) is 19.1. The summed E-state index contributed by atoms with van der Waals surface area (Å²) in [5.74, 6) is 2.32. The van der Waals surface area contributed by atoms with Crippen LogP contribution in [0.15, 0.2) is 12.4 Å². The van der Waals surface area contributed by atoms with Crippen LogP contribution >= 0.6 is 0 Å². The Bertz CT molecular complexity index is 612. The Morgan fingerprint density at radius 3 is 3.00 bits per heavy atom. The molecule has 120 valence electrons. The van der Waals surface area contributed by atoms with Crippen molar-refractivity contribution < 1.29 is 0 Å². The molecular weight excluding hydrogens is 274 g/mol. The minimum Gasteiger partial charge on any atom is -0.345 e. The first kappa shape index (κ1) is 15.3. The van der Waals surface area contributed by atoms with E-state index in [1.807, 2.05) is 6.20 Å². The number of nitrogens with zero attached hydrogens (tertiary/aromatic N) is 4. The van der Waals surface area contributed by atoms with Gasteiger partial charge >= 0.3 is 0 Å². The number of aromatic amines is 1. The third-order valence-electron chi connectivity index (χ3n) is 4.52. The van der Waals surface area contributed by atoms with E-state index in [-0.39, 0.29) is 0 Å². The molecule has 0 saturated carbocycles. The van der Waals surface area contributed by atoms with E-state index in [4.69, 9.17) is 4.98 Å². The highest BCUT2D eigenvalue weighted by Crippen LogP contribution is 2.32. The van der Waals surface area contributed by atoms with Crippen LogP contribution in [0.3, 0.4) is 0 Å². The summed E-state index contributed by atoms with van der Waals surface area (Å²) in [4.78, 5) is 15.3. The van der Waals surface area contributed by atoms with Crippen LogP contribution in [0, 0.1) is 6.92 Å². The van der Waals surface area contributed by atoms with E-state index in [0.717, 1.165) is 31.0 Å². The van der Waals surface area contributed by atoms with E-state index in [0.29, 0.717) is 6.04 Å². The molecule has 0 radical (unpaired) electrons. The lowest BCUT2D eigenvalue weighted by Gasteiger charge is -2.23. The minimum atomic E-state index is 0.432. The van der Waals surface area contributed by atoms with Crippen LogP contribution < -0.4 is 0 Å². The van der Waals surface area contributed by atoms with Gasteiger partial charge in [0.1, 0.15) is 11.6 Å². The largest absolute Gasteiger partial charge is 0.345 e. The Morgan fingerprint density at radius 1 is 1.41 bits per heavy atom. The number of rotatable bonds is 6. The molecule has 22 heavy (non-hydrogen) atoms. The Balaban J connectivity index is 1.68. The summed E-state index contributed by atoms with van der Waals surface area (Å²) in [7, 11) is 2.10. The third-order valence-corrected chi connectivity index (χ3v) is 4.52. The second kappa shape index (κ2) is 6.65. The first-order chi connectivity index (χ1) is 10.7. The smallest absolute Gasteiger partial charge is 0.126 e. The molecule has 5 nitrogen and oxygen atoms in total. The lowest BCUT2D eigenvalue weighted by atomic mass is 10.2. The van der Waals surface area contributed by atoms with Crippen molar-refractivity contribution in [1.29, 1.82) is 0 Å². The van der Waals surface area contributed by atoms with Crippen LogP contribution in [0.5, 0.6) is 0 Å². The zero-order valence-corrected chi connectivity index (χ0v) is 14.0. The van der Waals surface area contributed by atoms with Gasteiger partial charge in [-0.25, -0.2) is 9.97 Å². The number of hydrogen-bond acceptors (Lipinski definition) is 3. The lowest BCUT2D eigenvalue weighted by molar-refractivity contribution is 0.234. The number of aryl methyl sites for hydroxylation is 3. The van der Waals surface area contributed by atoms with Crippen LogP contribution in [-0.2, 0) is 20.0 Å². The summed E-state index contributed by atoms with van der Waals surface area (Å²) < 4.78 is 2.18. The highest BCUT2D eigenvalue weighted by atomic mass is 15.2. The maximum Gasteiger partial charge on any atom is 0.126 e. The average Bonchev–Trinajstić information content (AvgIpc) is 3.18. The molecule has 1 aliphatic heterocycles. The number of aromatic nitrogens is 4. The van der Waals surface area contributed by atoms with Crippen molar-refractivity contribution >= 4 is 0 Å². The summed E-state index contributed by atoms with van der Waals surface area (Å²) >= 11 is 0. The van der Waals surface area contributed by atoms with E-state index in [1.165, 1.54) is 37.2 Å². The van der Waals surface area contributed by atoms with E-state index in [9.17, 15) is 0 Å². The standard InChI is InChI=1S/C17H27N5/c1-4-5-8-16-18-10-14(20-16)12-22-9-6-7-15(22)17-19-13(2)11-21(17)3/h10-11,15H,4-9,12H2,1-3H3,(H,18,20)/t15-/m0/s1. The van der Waals surface area contributed by atoms with Crippen molar-refractivity contribution in [2.45, 2.75) is 58.5 Å². The molecule has 1 N–H and O–H groups in total. The van der Waals surface area contributed by atoms with Gasteiger partial charge in [-0.2, -0.15) is 0 Å². The Hall–Kier alpha value is -1.62. The molecule has 2 aromatic heterocycles. The van der Waals surface area contributed by atoms with Crippen LogP contribution in [0.25, 0.3) is 0 Å². The van der Waals surface area contributed by atoms with Gasteiger partial charge in [0.15, 0.2) is 0 Å². The van der Waals surface area contributed by atoms with Crippen LogP contribution in [0.2, 0.25) is 0 Å². The fourth-order valence-corrected chi connectivity index (χ4v) is 3.43. The zero-order chi connectivity index (χ0) is 15.5. The summed E-state index contributed by atoms with van der Waals surface area (Å²) in [5, 5.41) is 0. The van der Waals surface area contributed by atoms with Crippen molar-refractivity contribution in [3.05, 3.63) is 35.4 Å². The van der Waals surface area contributed by atoms with Gasteiger partial charge < -0.3 is 9.55 Å². The predicted octanol–water partition coefficient (Wildman–Crippen LogP) is 3.13. The molecule has 0 amide bonds. The number of likely N-dealkylation sites (tertiary alicyclic amines) is 1. The summed E-state index contributed by atoms with van der Waals surface area (Å²) in [6, 6.07) is 0.432. The molecule has 0 unspecified atom stereocenters. The topological polar surface area (TPSA) is 49.7 Å². The molecule has 1 fully saturated rings. The second-order valence-corrected chi connectivity index (χ2v) is 6.44. The quantitative estimate of drug-likeness (QED) is 0.892. The molecule has 3 heterocycles. The van der Waals surface area contributed by atoms with Crippen molar-refractivity contribution in [3.63, 3.8) is 0 Å². The molecule has 0 bridgehead atoms. The van der Waals surface area contributed by atoms with Gasteiger partial charge in [-0.05, 0) is 32.7 Å². The van der Waals surface area contributed by atoms with Gasteiger partial charge in [0.05, 0.1) is 11.7 Å². The number of unbranched alkanes of at least 4 members (excludes halogenated alkanes) is 1. The maximum atomic E-state index is 4.73. The van der Waals surface area contributed by atoms with Gasteiger partial charge in [-0.15, -0.1) is 0 Å².